The number of amides is 1. The van der Waals surface area contributed by atoms with E-state index in [0.29, 0.717) is 17.8 Å². The van der Waals surface area contributed by atoms with Gasteiger partial charge in [0.15, 0.2) is 0 Å². The summed E-state index contributed by atoms with van der Waals surface area (Å²) in [6.45, 7) is 2.59. The maximum atomic E-state index is 12.9. The third-order valence-electron chi connectivity index (χ3n) is 5.18. The number of aryl methyl sites for hydroxylation is 2. The summed E-state index contributed by atoms with van der Waals surface area (Å²) in [6.07, 6.45) is 1.65. The Bertz CT molecular complexity index is 1170. The predicted octanol–water partition coefficient (Wildman–Crippen LogP) is 4.53. The van der Waals surface area contributed by atoms with E-state index < -0.39 is 10.0 Å². The Morgan fingerprint density at radius 2 is 1.80 bits per heavy atom. The van der Waals surface area contributed by atoms with Crippen molar-refractivity contribution in [1.29, 1.82) is 0 Å². The molecule has 154 valence electrons. The van der Waals surface area contributed by atoms with Crippen molar-refractivity contribution in [2.24, 2.45) is 0 Å². The van der Waals surface area contributed by atoms with E-state index >= 15 is 0 Å². The highest BCUT2D eigenvalue weighted by molar-refractivity contribution is 7.91. The Hall–Kier alpha value is -3.12. The van der Waals surface area contributed by atoms with E-state index in [1.54, 1.807) is 11.0 Å². The van der Waals surface area contributed by atoms with E-state index in [-0.39, 0.29) is 11.7 Å². The molecule has 1 heterocycles. The van der Waals surface area contributed by atoms with E-state index in [1.807, 2.05) is 73.7 Å². The van der Waals surface area contributed by atoms with Crippen LogP contribution in [-0.2, 0) is 22.2 Å². The largest absolute Gasteiger partial charge is 0.308 e. The SMILES string of the molecule is Cc1cccc(CS(=O)(=O)Nc2ccc3c(c2)CCCN3C(=O)c2ccccc2)c1. The zero-order valence-electron chi connectivity index (χ0n) is 16.8. The second-order valence-electron chi connectivity index (χ2n) is 7.62. The van der Waals surface area contributed by atoms with Gasteiger partial charge >= 0.3 is 0 Å². The summed E-state index contributed by atoms with van der Waals surface area (Å²) >= 11 is 0. The van der Waals surface area contributed by atoms with Crippen LogP contribution in [0.4, 0.5) is 11.4 Å². The molecule has 1 amide bonds. The molecule has 0 atom stereocenters. The Morgan fingerprint density at radius 3 is 2.57 bits per heavy atom. The summed E-state index contributed by atoms with van der Waals surface area (Å²) < 4.78 is 27.9. The first-order valence-electron chi connectivity index (χ1n) is 9.97. The molecular formula is C24H24N2O3S. The predicted molar refractivity (Wildman–Crippen MR) is 120 cm³/mol. The number of rotatable bonds is 5. The molecule has 1 aliphatic heterocycles. The highest BCUT2D eigenvalue weighted by Crippen LogP contribution is 2.31. The third-order valence-corrected chi connectivity index (χ3v) is 6.44. The van der Waals surface area contributed by atoms with Gasteiger partial charge in [0.05, 0.1) is 5.75 Å². The average Bonchev–Trinajstić information content (AvgIpc) is 2.72. The third kappa shape index (κ3) is 4.54. The van der Waals surface area contributed by atoms with Crippen molar-refractivity contribution in [2.45, 2.75) is 25.5 Å². The van der Waals surface area contributed by atoms with Crippen LogP contribution in [-0.4, -0.2) is 20.9 Å². The number of anilines is 2. The highest BCUT2D eigenvalue weighted by Gasteiger charge is 2.24. The van der Waals surface area contributed by atoms with Crippen LogP contribution < -0.4 is 9.62 Å². The minimum absolute atomic E-state index is 0.0377. The normalized spacial score (nSPS) is 13.6. The second-order valence-corrected chi connectivity index (χ2v) is 9.34. The Kier molecular flexibility index (Phi) is 5.59. The van der Waals surface area contributed by atoms with Crippen LogP contribution in [0.2, 0.25) is 0 Å². The number of benzene rings is 3. The summed E-state index contributed by atoms with van der Waals surface area (Å²) in [7, 11) is -3.53. The summed E-state index contributed by atoms with van der Waals surface area (Å²) in [4.78, 5) is 14.7. The van der Waals surface area contributed by atoms with Gasteiger partial charge in [-0.1, -0.05) is 48.0 Å². The fraction of sp³-hybridized carbons (Fsp3) is 0.208. The van der Waals surface area contributed by atoms with Crippen molar-refractivity contribution >= 4 is 27.3 Å². The number of carbonyl (C=O) groups is 1. The summed E-state index contributed by atoms with van der Waals surface area (Å²) in [6, 6.07) is 22.1. The lowest BCUT2D eigenvalue weighted by molar-refractivity contribution is 0.0985. The molecule has 6 heteroatoms. The lowest BCUT2D eigenvalue weighted by Gasteiger charge is -2.30. The second kappa shape index (κ2) is 8.32. The van der Waals surface area contributed by atoms with Crippen LogP contribution in [0.1, 0.15) is 33.5 Å². The first-order valence-corrected chi connectivity index (χ1v) is 11.6. The summed E-state index contributed by atoms with van der Waals surface area (Å²) in [5, 5.41) is 0. The topological polar surface area (TPSA) is 66.5 Å². The number of nitrogens with zero attached hydrogens (tertiary/aromatic N) is 1. The van der Waals surface area contributed by atoms with Gasteiger partial charge in [-0.25, -0.2) is 8.42 Å². The number of carbonyl (C=O) groups excluding carboxylic acids is 1. The molecule has 0 radical (unpaired) electrons. The molecule has 0 aromatic heterocycles. The fourth-order valence-electron chi connectivity index (χ4n) is 3.85. The number of sulfonamides is 1. The minimum atomic E-state index is -3.53. The summed E-state index contributed by atoms with van der Waals surface area (Å²) in [5.74, 6) is -0.117. The number of nitrogens with one attached hydrogen (secondary N) is 1. The van der Waals surface area contributed by atoms with Gasteiger partial charge in [-0.2, -0.15) is 0 Å². The van der Waals surface area contributed by atoms with Gasteiger partial charge in [0.25, 0.3) is 5.91 Å². The zero-order valence-corrected chi connectivity index (χ0v) is 17.7. The molecule has 0 saturated heterocycles. The van der Waals surface area contributed by atoms with Gasteiger partial charge in [0.1, 0.15) is 0 Å². The standard InChI is InChI=1S/C24H24N2O3S/c1-18-7-5-8-19(15-18)17-30(28,29)25-22-12-13-23-21(16-22)11-6-14-26(23)24(27)20-9-3-2-4-10-20/h2-5,7-10,12-13,15-16,25H,6,11,14,17H2,1H3. The van der Waals surface area contributed by atoms with Crippen molar-refractivity contribution < 1.29 is 13.2 Å². The molecule has 1 aliphatic rings. The molecule has 0 bridgehead atoms. The van der Waals surface area contributed by atoms with E-state index in [9.17, 15) is 13.2 Å². The molecule has 0 unspecified atom stereocenters. The smallest absolute Gasteiger partial charge is 0.258 e. The first kappa shape index (κ1) is 20.2. The van der Waals surface area contributed by atoms with E-state index in [0.717, 1.165) is 35.2 Å². The van der Waals surface area contributed by atoms with E-state index in [1.165, 1.54) is 0 Å². The number of hydrogen-bond acceptors (Lipinski definition) is 3. The molecule has 0 aliphatic carbocycles. The van der Waals surface area contributed by atoms with Crippen LogP contribution >= 0.6 is 0 Å². The van der Waals surface area contributed by atoms with Crippen molar-refractivity contribution in [3.05, 3.63) is 95.1 Å². The molecule has 0 spiro atoms. The quantitative estimate of drug-likeness (QED) is 0.659. The zero-order chi connectivity index (χ0) is 21.1. The fourth-order valence-corrected chi connectivity index (χ4v) is 5.02. The Morgan fingerprint density at radius 1 is 1.00 bits per heavy atom. The van der Waals surface area contributed by atoms with Gasteiger partial charge in [0.2, 0.25) is 10.0 Å². The molecule has 4 rings (SSSR count). The van der Waals surface area contributed by atoms with Crippen LogP contribution in [0.15, 0.2) is 72.8 Å². The van der Waals surface area contributed by atoms with Crippen LogP contribution in [0, 0.1) is 6.92 Å². The van der Waals surface area contributed by atoms with Gasteiger partial charge in [-0.05, 0) is 61.2 Å². The maximum Gasteiger partial charge on any atom is 0.258 e. The molecule has 3 aromatic carbocycles. The van der Waals surface area contributed by atoms with Crippen molar-refractivity contribution in [3.8, 4) is 0 Å². The van der Waals surface area contributed by atoms with E-state index in [2.05, 4.69) is 4.72 Å². The number of hydrogen-bond donors (Lipinski definition) is 1. The Balaban J connectivity index is 1.54. The molecule has 0 fully saturated rings. The van der Waals surface area contributed by atoms with Crippen molar-refractivity contribution in [2.75, 3.05) is 16.2 Å². The molecule has 0 saturated carbocycles. The van der Waals surface area contributed by atoms with Crippen LogP contribution in [0.3, 0.4) is 0 Å². The van der Waals surface area contributed by atoms with Crippen molar-refractivity contribution in [3.63, 3.8) is 0 Å². The maximum absolute atomic E-state index is 12.9. The molecule has 3 aromatic rings. The first-order chi connectivity index (χ1) is 14.4. The lowest BCUT2D eigenvalue weighted by atomic mass is 10.00. The summed E-state index contributed by atoms with van der Waals surface area (Å²) in [5.41, 5.74) is 4.77. The van der Waals surface area contributed by atoms with Gasteiger partial charge in [-0.15, -0.1) is 0 Å². The highest BCUT2D eigenvalue weighted by atomic mass is 32.2. The molecule has 30 heavy (non-hydrogen) atoms. The van der Waals surface area contributed by atoms with E-state index in [4.69, 9.17) is 0 Å². The van der Waals surface area contributed by atoms with Crippen LogP contribution in [0.25, 0.3) is 0 Å². The van der Waals surface area contributed by atoms with Crippen molar-refractivity contribution in [1.82, 2.24) is 0 Å². The average molecular weight is 421 g/mol. The monoisotopic (exact) mass is 420 g/mol. The minimum Gasteiger partial charge on any atom is -0.308 e. The molecule has 5 nitrogen and oxygen atoms in total. The van der Waals surface area contributed by atoms with Gasteiger partial charge < -0.3 is 4.90 Å². The molecular weight excluding hydrogens is 396 g/mol. The molecule has 1 N–H and O–H groups in total. The van der Waals surface area contributed by atoms with Gasteiger partial charge in [0, 0.05) is 23.5 Å². The Labute approximate surface area is 177 Å². The lowest BCUT2D eigenvalue weighted by Crippen LogP contribution is -2.35. The van der Waals surface area contributed by atoms with Gasteiger partial charge in [-0.3, -0.25) is 9.52 Å². The van der Waals surface area contributed by atoms with Crippen LogP contribution in [0.5, 0.6) is 0 Å². The number of fused-ring (bicyclic) bond motifs is 1.